The van der Waals surface area contributed by atoms with Crippen LogP contribution in [-0.2, 0) is 9.59 Å². The molecule has 0 aliphatic rings. The number of nitrogens with one attached hydrogen (secondary N) is 2. The van der Waals surface area contributed by atoms with E-state index in [1.165, 1.54) is 6.21 Å². The van der Waals surface area contributed by atoms with Gasteiger partial charge in [0.15, 0.2) is 0 Å². The number of hydrazone groups is 1. The third kappa shape index (κ3) is 5.86. The molecule has 2 aromatic carbocycles. The minimum Gasteiger partial charge on any atom is -0.496 e. The van der Waals surface area contributed by atoms with Gasteiger partial charge in [0.25, 0.3) is 0 Å². The van der Waals surface area contributed by atoms with Crippen molar-refractivity contribution >= 4 is 51.2 Å². The molecule has 0 saturated carbocycles. The second-order valence-corrected chi connectivity index (χ2v) is 6.64. The first-order valence-electron chi connectivity index (χ1n) is 7.60. The Labute approximate surface area is 164 Å². The molecular formula is C18H17BrClN3O3. The first-order valence-corrected chi connectivity index (χ1v) is 8.77. The summed E-state index contributed by atoms with van der Waals surface area (Å²) in [6.07, 6.45) is 1.12. The predicted octanol–water partition coefficient (Wildman–Crippen LogP) is 3.90. The molecule has 2 aromatic rings. The quantitative estimate of drug-likeness (QED) is 0.408. The van der Waals surface area contributed by atoms with Crippen LogP contribution < -0.4 is 15.5 Å². The summed E-state index contributed by atoms with van der Waals surface area (Å²) in [6.45, 7) is 1.86. The van der Waals surface area contributed by atoms with Gasteiger partial charge in [-0.05, 0) is 64.3 Å². The maximum absolute atomic E-state index is 11.9. The molecule has 0 heterocycles. The van der Waals surface area contributed by atoms with E-state index in [1.807, 2.05) is 6.92 Å². The number of ether oxygens (including phenoxy) is 1. The van der Waals surface area contributed by atoms with E-state index in [0.717, 1.165) is 15.6 Å². The van der Waals surface area contributed by atoms with Crippen molar-refractivity contribution in [3.8, 4) is 5.75 Å². The van der Waals surface area contributed by atoms with Crippen LogP contribution in [0.1, 0.15) is 17.5 Å². The number of anilines is 1. The van der Waals surface area contributed by atoms with Gasteiger partial charge in [0.1, 0.15) is 12.2 Å². The molecule has 8 heteroatoms. The van der Waals surface area contributed by atoms with Crippen LogP contribution in [0.3, 0.4) is 0 Å². The third-order valence-electron chi connectivity index (χ3n) is 3.36. The van der Waals surface area contributed by atoms with Gasteiger partial charge in [-0.2, -0.15) is 5.10 Å². The van der Waals surface area contributed by atoms with E-state index in [9.17, 15) is 9.59 Å². The third-order valence-corrected chi connectivity index (χ3v) is 4.38. The summed E-state index contributed by atoms with van der Waals surface area (Å²) < 4.78 is 5.91. The average molecular weight is 439 g/mol. The van der Waals surface area contributed by atoms with Gasteiger partial charge in [0.05, 0.1) is 17.8 Å². The number of carbonyl (C=O) groups is 2. The Morgan fingerprint density at radius 3 is 2.65 bits per heavy atom. The molecule has 0 aliphatic heterocycles. The number of rotatable bonds is 6. The smallest absolute Gasteiger partial charge is 0.249 e. The zero-order valence-electron chi connectivity index (χ0n) is 14.2. The lowest BCUT2D eigenvalue weighted by Gasteiger charge is -2.06. The standard InChI is InChI=1S/C18H17BrClN3O3/c1-11-3-5-13(8-15(11)20)22-17(24)9-18(25)23-21-10-12-4-6-16(26-2)14(19)7-12/h3-8,10H,9H2,1-2H3,(H,22,24)(H,23,25). The summed E-state index contributed by atoms with van der Waals surface area (Å²) in [7, 11) is 1.57. The molecule has 136 valence electrons. The fraction of sp³-hybridized carbons (Fsp3) is 0.167. The number of hydrogen-bond donors (Lipinski definition) is 2. The van der Waals surface area contributed by atoms with Crippen molar-refractivity contribution < 1.29 is 14.3 Å². The first kappa shape index (κ1) is 19.9. The first-order chi connectivity index (χ1) is 12.4. The van der Waals surface area contributed by atoms with Crippen LogP contribution in [0.15, 0.2) is 46.0 Å². The normalized spacial score (nSPS) is 10.6. The molecular weight excluding hydrogens is 422 g/mol. The Bertz CT molecular complexity index is 856. The van der Waals surface area contributed by atoms with Crippen LogP contribution in [0.2, 0.25) is 5.02 Å². The van der Waals surface area contributed by atoms with Crippen molar-refractivity contribution in [2.75, 3.05) is 12.4 Å². The van der Waals surface area contributed by atoms with Crippen molar-refractivity contribution in [2.24, 2.45) is 5.10 Å². The maximum atomic E-state index is 11.9. The van der Waals surface area contributed by atoms with Gasteiger partial charge in [-0.3, -0.25) is 9.59 Å². The van der Waals surface area contributed by atoms with Crippen LogP contribution in [0.4, 0.5) is 5.69 Å². The fourth-order valence-corrected chi connectivity index (χ4v) is 2.74. The summed E-state index contributed by atoms with van der Waals surface area (Å²) in [5.41, 5.74) is 4.51. The van der Waals surface area contributed by atoms with Gasteiger partial charge in [0, 0.05) is 10.7 Å². The Morgan fingerprint density at radius 2 is 2.00 bits per heavy atom. The zero-order valence-corrected chi connectivity index (χ0v) is 16.5. The van der Waals surface area contributed by atoms with E-state index in [2.05, 4.69) is 31.8 Å². The van der Waals surface area contributed by atoms with Crippen molar-refractivity contribution in [1.82, 2.24) is 5.43 Å². The van der Waals surface area contributed by atoms with Crippen molar-refractivity contribution in [3.63, 3.8) is 0 Å². The van der Waals surface area contributed by atoms with Crippen molar-refractivity contribution in [1.29, 1.82) is 0 Å². The van der Waals surface area contributed by atoms with Gasteiger partial charge in [-0.15, -0.1) is 0 Å². The number of benzene rings is 2. The molecule has 0 atom stereocenters. The van der Waals surface area contributed by atoms with E-state index in [1.54, 1.807) is 43.5 Å². The lowest BCUT2D eigenvalue weighted by molar-refractivity contribution is -0.126. The molecule has 0 unspecified atom stereocenters. The molecule has 26 heavy (non-hydrogen) atoms. The fourth-order valence-electron chi connectivity index (χ4n) is 2.00. The lowest BCUT2D eigenvalue weighted by Crippen LogP contribution is -2.24. The highest BCUT2D eigenvalue weighted by Gasteiger charge is 2.09. The number of carbonyl (C=O) groups excluding carboxylic acids is 2. The Balaban J connectivity index is 1.85. The topological polar surface area (TPSA) is 79.8 Å². The van der Waals surface area contributed by atoms with E-state index in [0.29, 0.717) is 16.5 Å². The van der Waals surface area contributed by atoms with E-state index < -0.39 is 11.8 Å². The number of methoxy groups -OCH3 is 1. The Hall–Kier alpha value is -2.38. The molecule has 0 saturated heterocycles. The molecule has 6 nitrogen and oxygen atoms in total. The molecule has 0 aliphatic carbocycles. The number of nitrogens with zero attached hydrogens (tertiary/aromatic N) is 1. The number of halogens is 2. The predicted molar refractivity (Wildman–Crippen MR) is 106 cm³/mol. The van der Waals surface area contributed by atoms with E-state index >= 15 is 0 Å². The molecule has 0 aromatic heterocycles. The minimum atomic E-state index is -0.524. The van der Waals surface area contributed by atoms with Crippen LogP contribution in [0.25, 0.3) is 0 Å². The van der Waals surface area contributed by atoms with E-state index in [-0.39, 0.29) is 6.42 Å². The summed E-state index contributed by atoms with van der Waals surface area (Å²) >= 11 is 9.36. The van der Waals surface area contributed by atoms with Crippen LogP contribution >= 0.6 is 27.5 Å². The average Bonchev–Trinajstić information content (AvgIpc) is 2.58. The highest BCUT2D eigenvalue weighted by Crippen LogP contribution is 2.24. The maximum Gasteiger partial charge on any atom is 0.249 e. The second kappa shape index (κ2) is 9.35. The van der Waals surface area contributed by atoms with Gasteiger partial charge < -0.3 is 10.1 Å². The van der Waals surface area contributed by atoms with Gasteiger partial charge >= 0.3 is 0 Å². The molecule has 2 N–H and O–H groups in total. The molecule has 2 amide bonds. The monoisotopic (exact) mass is 437 g/mol. The van der Waals surface area contributed by atoms with Gasteiger partial charge in [-0.1, -0.05) is 17.7 Å². The molecule has 2 rings (SSSR count). The van der Waals surface area contributed by atoms with Gasteiger partial charge in [-0.25, -0.2) is 5.43 Å². The summed E-state index contributed by atoms with van der Waals surface area (Å²) in [4.78, 5) is 23.7. The molecule has 0 spiro atoms. The largest absolute Gasteiger partial charge is 0.496 e. The van der Waals surface area contributed by atoms with Crippen LogP contribution in [0, 0.1) is 6.92 Å². The highest BCUT2D eigenvalue weighted by molar-refractivity contribution is 9.10. The Kier molecular flexibility index (Phi) is 7.17. The SMILES string of the molecule is COc1ccc(C=NNC(=O)CC(=O)Nc2ccc(C)c(Cl)c2)cc1Br. The number of hydrogen-bond acceptors (Lipinski definition) is 4. The molecule has 0 radical (unpaired) electrons. The summed E-state index contributed by atoms with van der Waals surface area (Å²) in [5, 5.41) is 6.99. The number of amides is 2. The van der Waals surface area contributed by atoms with Crippen LogP contribution in [0.5, 0.6) is 5.75 Å². The molecule has 0 bridgehead atoms. The lowest BCUT2D eigenvalue weighted by atomic mass is 10.2. The highest BCUT2D eigenvalue weighted by atomic mass is 79.9. The van der Waals surface area contributed by atoms with Crippen molar-refractivity contribution in [3.05, 3.63) is 57.0 Å². The zero-order chi connectivity index (χ0) is 19.1. The minimum absolute atomic E-state index is 0.352. The van der Waals surface area contributed by atoms with Gasteiger partial charge in [0.2, 0.25) is 11.8 Å². The van der Waals surface area contributed by atoms with Crippen molar-refractivity contribution in [2.45, 2.75) is 13.3 Å². The number of aryl methyl sites for hydroxylation is 1. The Morgan fingerprint density at radius 1 is 1.23 bits per heavy atom. The van der Waals surface area contributed by atoms with Crippen LogP contribution in [-0.4, -0.2) is 25.1 Å². The second-order valence-electron chi connectivity index (χ2n) is 5.38. The van der Waals surface area contributed by atoms with E-state index in [4.69, 9.17) is 16.3 Å². The molecule has 0 fully saturated rings. The summed E-state index contributed by atoms with van der Waals surface area (Å²) in [5.74, 6) is -0.284. The summed E-state index contributed by atoms with van der Waals surface area (Å²) in [6, 6.07) is 10.5.